The molecule has 5 nitrogen and oxygen atoms in total. The van der Waals surface area contributed by atoms with Crippen molar-refractivity contribution in [2.75, 3.05) is 5.32 Å². The second-order valence-electron chi connectivity index (χ2n) is 6.23. The first-order valence-corrected chi connectivity index (χ1v) is 9.24. The van der Waals surface area contributed by atoms with E-state index in [1.54, 1.807) is 17.4 Å². The number of nitrogens with zero attached hydrogens (tertiary/aromatic N) is 3. The van der Waals surface area contributed by atoms with Crippen LogP contribution in [0.25, 0.3) is 21.8 Å². The maximum atomic E-state index is 12.7. The molecule has 2 aromatic heterocycles. The van der Waals surface area contributed by atoms with E-state index in [4.69, 9.17) is 0 Å². The van der Waals surface area contributed by atoms with E-state index in [-0.39, 0.29) is 5.57 Å². The summed E-state index contributed by atoms with van der Waals surface area (Å²) in [4.78, 5) is 19.2. The predicted molar refractivity (Wildman–Crippen MR) is 109 cm³/mol. The molecule has 0 radical (unpaired) electrons. The molecule has 1 N–H and O–H groups in total. The molecule has 0 aliphatic carbocycles. The van der Waals surface area contributed by atoms with Crippen LogP contribution in [-0.2, 0) is 4.79 Å². The van der Waals surface area contributed by atoms with Crippen molar-refractivity contribution in [1.82, 2.24) is 9.38 Å². The lowest BCUT2D eigenvalue weighted by atomic mass is 10.1. The third-order valence-corrected chi connectivity index (χ3v) is 5.24. The van der Waals surface area contributed by atoms with E-state index in [2.05, 4.69) is 10.3 Å². The summed E-state index contributed by atoms with van der Waals surface area (Å²) >= 11 is 1.57. The summed E-state index contributed by atoms with van der Waals surface area (Å²) in [6, 6.07) is 15.5. The molecular formula is C21H16N4OS. The first-order valence-electron chi connectivity index (χ1n) is 8.43. The van der Waals surface area contributed by atoms with Gasteiger partial charge in [0.25, 0.3) is 5.91 Å². The van der Waals surface area contributed by atoms with E-state index >= 15 is 0 Å². The Bertz CT molecular complexity index is 1250. The van der Waals surface area contributed by atoms with Crippen molar-refractivity contribution in [3.05, 3.63) is 70.5 Å². The number of fused-ring (bicyclic) bond motifs is 2. The summed E-state index contributed by atoms with van der Waals surface area (Å²) in [5.74, 6) is -0.435. The zero-order chi connectivity index (χ0) is 19.0. The number of rotatable bonds is 3. The summed E-state index contributed by atoms with van der Waals surface area (Å²) in [5.41, 5.74) is 2.25. The molecule has 4 aromatic rings. The Morgan fingerprint density at radius 2 is 2.00 bits per heavy atom. The van der Waals surface area contributed by atoms with Crippen molar-refractivity contribution < 1.29 is 4.79 Å². The molecule has 0 unspecified atom stereocenters. The normalized spacial score (nSPS) is 11.7. The molecule has 0 atom stereocenters. The number of imidazole rings is 1. The highest BCUT2D eigenvalue weighted by atomic mass is 32.1. The molecule has 0 aliphatic heterocycles. The van der Waals surface area contributed by atoms with Gasteiger partial charge in [-0.15, -0.1) is 11.3 Å². The van der Waals surface area contributed by atoms with Crippen LogP contribution in [0.4, 0.5) is 5.69 Å². The number of hydrogen-bond acceptors (Lipinski definition) is 4. The lowest BCUT2D eigenvalue weighted by molar-refractivity contribution is -0.112. The molecule has 0 fully saturated rings. The third-order valence-electron chi connectivity index (χ3n) is 4.35. The first-order chi connectivity index (χ1) is 13.1. The van der Waals surface area contributed by atoms with Crippen LogP contribution in [-0.4, -0.2) is 15.3 Å². The third kappa shape index (κ3) is 3.09. The summed E-state index contributed by atoms with van der Waals surface area (Å²) < 4.78 is 1.91. The van der Waals surface area contributed by atoms with Gasteiger partial charge in [-0.1, -0.05) is 36.4 Å². The van der Waals surface area contributed by atoms with Crippen LogP contribution in [0.1, 0.15) is 16.3 Å². The van der Waals surface area contributed by atoms with Crippen LogP contribution < -0.4 is 5.32 Å². The molecule has 0 saturated carbocycles. The zero-order valence-corrected chi connectivity index (χ0v) is 15.7. The fraction of sp³-hybridized carbons (Fsp3) is 0.0952. The fourth-order valence-corrected chi connectivity index (χ4v) is 3.94. The van der Waals surface area contributed by atoms with Gasteiger partial charge in [0, 0.05) is 22.1 Å². The minimum Gasteiger partial charge on any atom is -0.321 e. The van der Waals surface area contributed by atoms with Crippen molar-refractivity contribution in [2.45, 2.75) is 13.8 Å². The number of anilines is 1. The number of nitrogens with one attached hydrogen (secondary N) is 1. The van der Waals surface area contributed by atoms with Gasteiger partial charge in [0.05, 0.1) is 11.4 Å². The number of thiazole rings is 1. The SMILES string of the molecule is Cc1cn2c(/C=C(\C#N)C(=O)Nc3cccc4ccccc34)c(C)nc2s1. The van der Waals surface area contributed by atoms with Crippen molar-refractivity contribution in [1.29, 1.82) is 5.26 Å². The highest BCUT2D eigenvalue weighted by molar-refractivity contribution is 7.17. The van der Waals surface area contributed by atoms with Crippen LogP contribution in [0.15, 0.2) is 54.2 Å². The molecule has 2 aromatic carbocycles. The minimum atomic E-state index is -0.435. The summed E-state index contributed by atoms with van der Waals surface area (Å²) in [6.07, 6.45) is 3.56. The van der Waals surface area contributed by atoms with Gasteiger partial charge >= 0.3 is 0 Å². The van der Waals surface area contributed by atoms with Crippen LogP contribution >= 0.6 is 11.3 Å². The molecule has 1 amide bonds. The number of benzene rings is 2. The van der Waals surface area contributed by atoms with E-state index in [0.29, 0.717) is 5.69 Å². The van der Waals surface area contributed by atoms with Gasteiger partial charge in [-0.05, 0) is 31.4 Å². The molecule has 0 bridgehead atoms. The monoisotopic (exact) mass is 372 g/mol. The van der Waals surface area contributed by atoms with Crippen LogP contribution in [0.5, 0.6) is 0 Å². The summed E-state index contributed by atoms with van der Waals surface area (Å²) in [5, 5.41) is 14.4. The quantitative estimate of drug-likeness (QED) is 0.418. The van der Waals surface area contributed by atoms with Crippen molar-refractivity contribution >= 4 is 44.7 Å². The molecule has 0 saturated heterocycles. The topological polar surface area (TPSA) is 70.2 Å². The second-order valence-corrected chi connectivity index (χ2v) is 7.44. The smallest absolute Gasteiger partial charge is 0.266 e. The van der Waals surface area contributed by atoms with E-state index in [9.17, 15) is 10.1 Å². The number of carbonyl (C=O) groups excluding carboxylic acids is 1. The molecule has 4 rings (SSSR count). The Balaban J connectivity index is 1.71. The standard InChI is InChI=1S/C21H16N4OS/c1-13-12-25-19(14(2)23-21(25)27-13)10-16(11-22)20(26)24-18-9-5-7-15-6-3-4-8-17(15)18/h3-10,12H,1-2H3,(H,24,26)/b16-10+. The maximum absolute atomic E-state index is 12.7. The fourth-order valence-electron chi connectivity index (χ4n) is 3.06. The highest BCUT2D eigenvalue weighted by Crippen LogP contribution is 2.25. The van der Waals surface area contributed by atoms with Crippen molar-refractivity contribution in [3.63, 3.8) is 0 Å². The van der Waals surface area contributed by atoms with E-state index < -0.39 is 5.91 Å². The number of hydrogen-bond donors (Lipinski definition) is 1. The van der Waals surface area contributed by atoms with Crippen LogP contribution in [0, 0.1) is 25.2 Å². The summed E-state index contributed by atoms with van der Waals surface area (Å²) in [6.45, 7) is 3.87. The van der Waals surface area contributed by atoms with Gasteiger partial charge in [-0.25, -0.2) is 4.98 Å². The van der Waals surface area contributed by atoms with E-state index in [1.165, 1.54) is 0 Å². The number of aromatic nitrogens is 2. The van der Waals surface area contributed by atoms with E-state index in [0.717, 1.165) is 32.0 Å². The lowest BCUT2D eigenvalue weighted by Crippen LogP contribution is -2.14. The molecule has 27 heavy (non-hydrogen) atoms. The number of carbonyl (C=O) groups is 1. The van der Waals surface area contributed by atoms with Gasteiger partial charge in [-0.3, -0.25) is 9.20 Å². The summed E-state index contributed by atoms with van der Waals surface area (Å²) in [7, 11) is 0. The second kappa shape index (κ2) is 6.71. The average molecular weight is 372 g/mol. The largest absolute Gasteiger partial charge is 0.321 e. The number of nitriles is 1. The van der Waals surface area contributed by atoms with Crippen LogP contribution in [0.2, 0.25) is 0 Å². The average Bonchev–Trinajstić information content (AvgIpc) is 3.15. The Labute approximate surface area is 160 Å². The molecule has 0 aliphatic rings. The Morgan fingerprint density at radius 3 is 2.81 bits per heavy atom. The van der Waals surface area contributed by atoms with Gasteiger partial charge in [0.1, 0.15) is 11.6 Å². The number of aryl methyl sites for hydroxylation is 2. The van der Waals surface area contributed by atoms with E-state index in [1.807, 2.05) is 73.0 Å². The highest BCUT2D eigenvalue weighted by Gasteiger charge is 2.15. The molecule has 0 spiro atoms. The van der Waals surface area contributed by atoms with Gasteiger partial charge in [0.15, 0.2) is 4.96 Å². The Hall–Kier alpha value is -3.43. The molecule has 132 valence electrons. The van der Waals surface area contributed by atoms with Crippen molar-refractivity contribution in [2.24, 2.45) is 0 Å². The zero-order valence-electron chi connectivity index (χ0n) is 14.9. The predicted octanol–water partition coefficient (Wildman–Crippen LogP) is 4.71. The van der Waals surface area contributed by atoms with Gasteiger partial charge in [-0.2, -0.15) is 5.26 Å². The molecular weight excluding hydrogens is 356 g/mol. The molecule has 2 heterocycles. The Morgan fingerprint density at radius 1 is 1.22 bits per heavy atom. The van der Waals surface area contributed by atoms with Crippen LogP contribution in [0.3, 0.4) is 0 Å². The molecule has 6 heteroatoms. The van der Waals surface area contributed by atoms with Gasteiger partial charge in [0.2, 0.25) is 0 Å². The lowest BCUT2D eigenvalue weighted by Gasteiger charge is -2.08. The minimum absolute atomic E-state index is 0.0386. The first kappa shape index (κ1) is 17.0. The number of amides is 1. The van der Waals surface area contributed by atoms with Crippen molar-refractivity contribution in [3.8, 4) is 6.07 Å². The van der Waals surface area contributed by atoms with Gasteiger partial charge < -0.3 is 5.32 Å². The maximum Gasteiger partial charge on any atom is 0.266 e. The Kier molecular flexibility index (Phi) is 4.22.